The Morgan fingerprint density at radius 2 is 2.00 bits per heavy atom. The summed E-state index contributed by atoms with van der Waals surface area (Å²) >= 11 is 0. The van der Waals surface area contributed by atoms with Crippen molar-refractivity contribution in [3.63, 3.8) is 0 Å². The first-order valence-corrected chi connectivity index (χ1v) is 4.91. The largest absolute Gasteiger partial charge is 0.306 e. The van der Waals surface area contributed by atoms with Gasteiger partial charge >= 0.3 is 0 Å². The van der Waals surface area contributed by atoms with Crippen LogP contribution in [0.25, 0.3) is 0 Å². The van der Waals surface area contributed by atoms with Crippen LogP contribution in [0, 0.1) is 11.3 Å². The van der Waals surface area contributed by atoms with Crippen LogP contribution in [0.1, 0.15) is 25.7 Å². The number of carbonyl (C=O) groups excluding carboxylic acids is 1. The maximum absolute atomic E-state index is 10.7. The summed E-state index contributed by atoms with van der Waals surface area (Å²) in [6.07, 6.45) is 6.12. The van der Waals surface area contributed by atoms with E-state index >= 15 is 0 Å². The molecule has 2 rings (SSSR count). The van der Waals surface area contributed by atoms with E-state index in [-0.39, 0.29) is 0 Å². The van der Waals surface area contributed by atoms with Crippen molar-refractivity contribution in [1.29, 1.82) is 0 Å². The standard InChI is InChI=1S/C10H17NO/c1-11-6-4-10(5-7-11)3-2-9(10)8-12/h8-9H,2-7H2,1H3. The normalized spacial score (nSPS) is 34.6. The maximum Gasteiger partial charge on any atom is 0.123 e. The topological polar surface area (TPSA) is 20.3 Å². The molecule has 1 unspecified atom stereocenters. The van der Waals surface area contributed by atoms with Gasteiger partial charge < -0.3 is 9.69 Å². The Bertz CT molecular complexity index is 182. The van der Waals surface area contributed by atoms with Gasteiger partial charge in [0.1, 0.15) is 6.29 Å². The molecule has 0 amide bonds. The fourth-order valence-corrected chi connectivity index (χ4v) is 2.62. The molecule has 2 nitrogen and oxygen atoms in total. The molecule has 0 radical (unpaired) electrons. The van der Waals surface area contributed by atoms with Crippen molar-refractivity contribution < 1.29 is 4.79 Å². The zero-order chi connectivity index (χ0) is 8.60. The zero-order valence-electron chi connectivity index (χ0n) is 7.75. The lowest BCUT2D eigenvalue weighted by molar-refractivity contribution is -0.124. The fraction of sp³-hybridized carbons (Fsp3) is 0.900. The highest BCUT2D eigenvalue weighted by Crippen LogP contribution is 2.52. The first kappa shape index (κ1) is 8.24. The summed E-state index contributed by atoms with van der Waals surface area (Å²) in [4.78, 5) is 13.1. The molecule has 1 aliphatic carbocycles. The van der Waals surface area contributed by atoms with E-state index in [1.54, 1.807) is 0 Å². The molecule has 0 aromatic carbocycles. The highest BCUT2D eigenvalue weighted by molar-refractivity contribution is 5.57. The van der Waals surface area contributed by atoms with Gasteiger partial charge in [-0.1, -0.05) is 0 Å². The predicted octanol–water partition coefficient (Wildman–Crippen LogP) is 1.31. The van der Waals surface area contributed by atoms with Crippen LogP contribution in [0.3, 0.4) is 0 Å². The highest BCUT2D eigenvalue weighted by Gasteiger charge is 2.47. The first-order chi connectivity index (χ1) is 5.77. The van der Waals surface area contributed by atoms with E-state index in [1.807, 2.05) is 0 Å². The molecule has 2 aliphatic rings. The van der Waals surface area contributed by atoms with Crippen LogP contribution in [-0.2, 0) is 4.79 Å². The van der Waals surface area contributed by atoms with Crippen LogP contribution in [-0.4, -0.2) is 31.3 Å². The Morgan fingerprint density at radius 3 is 2.42 bits per heavy atom. The van der Waals surface area contributed by atoms with Crippen LogP contribution in [0.4, 0.5) is 0 Å². The van der Waals surface area contributed by atoms with Crippen LogP contribution in [0.5, 0.6) is 0 Å². The molecule has 1 saturated carbocycles. The van der Waals surface area contributed by atoms with Crippen LogP contribution >= 0.6 is 0 Å². The smallest absolute Gasteiger partial charge is 0.123 e. The molecule has 0 aromatic rings. The molecule has 0 bridgehead atoms. The van der Waals surface area contributed by atoms with Crippen molar-refractivity contribution in [2.24, 2.45) is 11.3 Å². The van der Waals surface area contributed by atoms with Gasteiger partial charge in [-0.25, -0.2) is 0 Å². The third-order valence-electron chi connectivity index (χ3n) is 3.89. The zero-order valence-corrected chi connectivity index (χ0v) is 7.75. The predicted molar refractivity (Wildman–Crippen MR) is 48.0 cm³/mol. The Labute approximate surface area is 73.9 Å². The lowest BCUT2D eigenvalue weighted by atomic mass is 9.56. The van der Waals surface area contributed by atoms with E-state index in [2.05, 4.69) is 11.9 Å². The number of aldehydes is 1. The van der Waals surface area contributed by atoms with Crippen molar-refractivity contribution in [3.05, 3.63) is 0 Å². The number of likely N-dealkylation sites (tertiary alicyclic amines) is 1. The van der Waals surface area contributed by atoms with E-state index in [0.29, 0.717) is 11.3 Å². The van der Waals surface area contributed by atoms with Gasteiger partial charge in [0.15, 0.2) is 0 Å². The van der Waals surface area contributed by atoms with Crippen LogP contribution < -0.4 is 0 Å². The van der Waals surface area contributed by atoms with Gasteiger partial charge in [-0.3, -0.25) is 0 Å². The van der Waals surface area contributed by atoms with Gasteiger partial charge in [0.2, 0.25) is 0 Å². The van der Waals surface area contributed by atoms with Crippen LogP contribution in [0.2, 0.25) is 0 Å². The van der Waals surface area contributed by atoms with Gasteiger partial charge in [-0.15, -0.1) is 0 Å². The van der Waals surface area contributed by atoms with E-state index < -0.39 is 0 Å². The van der Waals surface area contributed by atoms with E-state index in [9.17, 15) is 4.79 Å². The van der Waals surface area contributed by atoms with Gasteiger partial charge in [-0.05, 0) is 51.2 Å². The molecule has 0 aromatic heterocycles. The number of nitrogens with zero attached hydrogens (tertiary/aromatic N) is 1. The third kappa shape index (κ3) is 1.09. The minimum absolute atomic E-state index is 0.395. The molecular formula is C10H17NO. The number of rotatable bonds is 1. The molecule has 2 fully saturated rings. The van der Waals surface area contributed by atoms with Crippen molar-refractivity contribution in [3.8, 4) is 0 Å². The molecule has 1 atom stereocenters. The van der Waals surface area contributed by atoms with Crippen LogP contribution in [0.15, 0.2) is 0 Å². The molecule has 1 saturated heterocycles. The molecule has 2 heteroatoms. The van der Waals surface area contributed by atoms with Gasteiger partial charge in [0, 0.05) is 5.92 Å². The lowest BCUT2D eigenvalue weighted by Crippen LogP contribution is -2.48. The number of carbonyl (C=O) groups is 1. The second-order valence-corrected chi connectivity index (χ2v) is 4.45. The molecule has 1 spiro atoms. The molecule has 68 valence electrons. The Morgan fingerprint density at radius 1 is 1.33 bits per heavy atom. The fourth-order valence-electron chi connectivity index (χ4n) is 2.62. The molecule has 12 heavy (non-hydrogen) atoms. The Balaban J connectivity index is 1.99. The van der Waals surface area contributed by atoms with E-state index in [4.69, 9.17) is 0 Å². The molecule has 1 heterocycles. The van der Waals surface area contributed by atoms with Crippen molar-refractivity contribution >= 4 is 6.29 Å². The van der Waals surface area contributed by atoms with Crippen molar-refractivity contribution in [2.75, 3.05) is 20.1 Å². The summed E-state index contributed by atoms with van der Waals surface area (Å²) in [7, 11) is 2.17. The monoisotopic (exact) mass is 167 g/mol. The maximum atomic E-state index is 10.7. The molecule has 1 aliphatic heterocycles. The minimum Gasteiger partial charge on any atom is -0.306 e. The second-order valence-electron chi connectivity index (χ2n) is 4.45. The summed E-state index contributed by atoms with van der Waals surface area (Å²) in [5.74, 6) is 0.395. The summed E-state index contributed by atoms with van der Waals surface area (Å²) < 4.78 is 0. The van der Waals surface area contributed by atoms with Crippen molar-refractivity contribution in [1.82, 2.24) is 4.90 Å². The van der Waals surface area contributed by atoms with E-state index in [1.165, 1.54) is 38.6 Å². The van der Waals surface area contributed by atoms with Gasteiger partial charge in [0.05, 0.1) is 0 Å². The average molecular weight is 167 g/mol. The minimum atomic E-state index is 0.395. The third-order valence-corrected chi connectivity index (χ3v) is 3.89. The number of piperidine rings is 1. The van der Waals surface area contributed by atoms with E-state index in [0.717, 1.165) is 6.42 Å². The number of hydrogen-bond acceptors (Lipinski definition) is 2. The molecule has 0 N–H and O–H groups in total. The Kier molecular flexibility index (Phi) is 1.95. The summed E-state index contributed by atoms with van der Waals surface area (Å²) in [5.41, 5.74) is 0.439. The second kappa shape index (κ2) is 2.84. The SMILES string of the molecule is CN1CCC2(CCC2C=O)CC1. The van der Waals surface area contributed by atoms with Crippen molar-refractivity contribution in [2.45, 2.75) is 25.7 Å². The summed E-state index contributed by atoms with van der Waals surface area (Å²) in [6, 6.07) is 0. The first-order valence-electron chi connectivity index (χ1n) is 4.91. The molecular weight excluding hydrogens is 150 g/mol. The average Bonchev–Trinajstić information content (AvgIpc) is 2.05. The van der Waals surface area contributed by atoms with Gasteiger partial charge in [0.25, 0.3) is 0 Å². The Hall–Kier alpha value is -0.370. The number of hydrogen-bond donors (Lipinski definition) is 0. The quantitative estimate of drug-likeness (QED) is 0.549. The lowest BCUT2D eigenvalue weighted by Gasteiger charge is -2.51. The highest BCUT2D eigenvalue weighted by atomic mass is 16.1. The van der Waals surface area contributed by atoms with Gasteiger partial charge in [-0.2, -0.15) is 0 Å². The summed E-state index contributed by atoms with van der Waals surface area (Å²) in [5, 5.41) is 0. The summed E-state index contributed by atoms with van der Waals surface area (Å²) in [6.45, 7) is 2.37.